The molecule has 3 rings (SSSR count). The fourth-order valence-electron chi connectivity index (χ4n) is 1.48. The number of benzene rings is 1. The molecule has 3 aromatic rings. The Morgan fingerprint density at radius 2 is 2.00 bits per heavy atom. The first-order valence-electron chi connectivity index (χ1n) is 4.37. The Kier molecular flexibility index (Phi) is 1.89. The Morgan fingerprint density at radius 3 is 2.79 bits per heavy atom. The van der Waals surface area contributed by atoms with Crippen LogP contribution in [-0.4, -0.2) is 0 Å². The lowest BCUT2D eigenvalue weighted by Gasteiger charge is -1.85. The SMILES string of the molecule is [c]1sccc1-c1cc2ccccc2s1. The quantitative estimate of drug-likeness (QED) is 0.563. The minimum atomic E-state index is 1.22. The van der Waals surface area contributed by atoms with Crippen LogP contribution in [0.5, 0.6) is 0 Å². The first-order chi connectivity index (χ1) is 6.93. The van der Waals surface area contributed by atoms with E-state index in [2.05, 4.69) is 47.2 Å². The average molecular weight is 215 g/mol. The van der Waals surface area contributed by atoms with E-state index in [4.69, 9.17) is 0 Å². The lowest BCUT2D eigenvalue weighted by atomic mass is 10.2. The summed E-state index contributed by atoms with van der Waals surface area (Å²) >= 11 is 3.46. The molecule has 0 unspecified atom stereocenters. The summed E-state index contributed by atoms with van der Waals surface area (Å²) in [6.45, 7) is 0. The number of rotatable bonds is 1. The maximum atomic E-state index is 3.27. The van der Waals surface area contributed by atoms with Crippen molar-refractivity contribution in [2.45, 2.75) is 0 Å². The van der Waals surface area contributed by atoms with Crippen molar-refractivity contribution in [2.24, 2.45) is 0 Å². The van der Waals surface area contributed by atoms with Crippen LogP contribution in [0.25, 0.3) is 20.5 Å². The molecule has 0 saturated heterocycles. The van der Waals surface area contributed by atoms with E-state index in [0.29, 0.717) is 0 Å². The lowest BCUT2D eigenvalue weighted by molar-refractivity contribution is 1.84. The van der Waals surface area contributed by atoms with Crippen LogP contribution in [0.3, 0.4) is 0 Å². The minimum absolute atomic E-state index is 1.22. The molecule has 0 spiro atoms. The summed E-state index contributed by atoms with van der Waals surface area (Å²) in [5.74, 6) is 0. The van der Waals surface area contributed by atoms with E-state index in [1.165, 1.54) is 20.5 Å². The number of thiophene rings is 2. The van der Waals surface area contributed by atoms with Gasteiger partial charge in [0.25, 0.3) is 0 Å². The highest BCUT2D eigenvalue weighted by Crippen LogP contribution is 2.33. The van der Waals surface area contributed by atoms with E-state index in [0.717, 1.165) is 0 Å². The molecule has 14 heavy (non-hydrogen) atoms. The molecule has 0 amide bonds. The van der Waals surface area contributed by atoms with Gasteiger partial charge < -0.3 is 0 Å². The smallest absolute Gasteiger partial charge is 0.0535 e. The summed E-state index contributed by atoms with van der Waals surface area (Å²) in [6.07, 6.45) is 0. The third kappa shape index (κ3) is 1.27. The Hall–Kier alpha value is -1.12. The molecule has 0 fully saturated rings. The molecule has 2 heterocycles. The monoisotopic (exact) mass is 215 g/mol. The molecule has 67 valence electrons. The van der Waals surface area contributed by atoms with Crippen LogP contribution in [-0.2, 0) is 0 Å². The minimum Gasteiger partial charge on any atom is -0.142 e. The maximum Gasteiger partial charge on any atom is 0.0535 e. The predicted octanol–water partition coefficient (Wildman–Crippen LogP) is 4.43. The molecule has 0 nitrogen and oxygen atoms in total. The van der Waals surface area contributed by atoms with E-state index >= 15 is 0 Å². The van der Waals surface area contributed by atoms with E-state index in [9.17, 15) is 0 Å². The molecule has 0 saturated carbocycles. The van der Waals surface area contributed by atoms with Crippen molar-refractivity contribution in [3.8, 4) is 10.4 Å². The summed E-state index contributed by atoms with van der Waals surface area (Å²) in [6, 6.07) is 12.8. The Morgan fingerprint density at radius 1 is 1.07 bits per heavy atom. The van der Waals surface area contributed by atoms with Crippen molar-refractivity contribution in [1.29, 1.82) is 0 Å². The molecule has 0 aliphatic rings. The maximum absolute atomic E-state index is 3.27. The highest BCUT2D eigenvalue weighted by atomic mass is 32.1. The molecule has 2 aromatic heterocycles. The molecule has 0 bridgehead atoms. The molecular weight excluding hydrogens is 208 g/mol. The van der Waals surface area contributed by atoms with Crippen molar-refractivity contribution in [2.75, 3.05) is 0 Å². The van der Waals surface area contributed by atoms with Crippen LogP contribution in [0.15, 0.2) is 41.8 Å². The molecule has 1 radical (unpaired) electrons. The summed E-state index contributed by atoms with van der Waals surface area (Å²) in [4.78, 5) is 1.31. The molecule has 0 aliphatic carbocycles. The third-order valence-electron chi connectivity index (χ3n) is 2.16. The normalized spacial score (nSPS) is 10.9. The van der Waals surface area contributed by atoms with Gasteiger partial charge in [0.2, 0.25) is 0 Å². The van der Waals surface area contributed by atoms with Crippen LogP contribution in [0.4, 0.5) is 0 Å². The fraction of sp³-hybridized carbons (Fsp3) is 0. The van der Waals surface area contributed by atoms with Gasteiger partial charge in [-0.15, -0.1) is 22.7 Å². The second kappa shape index (κ2) is 3.23. The molecule has 0 aliphatic heterocycles. The zero-order valence-corrected chi connectivity index (χ0v) is 8.99. The van der Waals surface area contributed by atoms with Crippen molar-refractivity contribution >= 4 is 32.8 Å². The second-order valence-corrected chi connectivity index (χ2v) is 4.88. The standard InChI is InChI=1S/C12H7S2/c1-2-4-11-9(3-1)7-12(14-11)10-5-6-13-8-10/h1-7H. The predicted molar refractivity (Wildman–Crippen MR) is 64.0 cm³/mol. The molecular formula is C12H7S2. The average Bonchev–Trinajstić information content (AvgIpc) is 2.86. The first-order valence-corrected chi connectivity index (χ1v) is 6.07. The fourth-order valence-corrected chi connectivity index (χ4v) is 3.17. The number of hydrogen-bond acceptors (Lipinski definition) is 2. The highest BCUT2D eigenvalue weighted by Gasteiger charge is 2.03. The van der Waals surface area contributed by atoms with Crippen molar-refractivity contribution in [3.63, 3.8) is 0 Å². The number of fused-ring (bicyclic) bond motifs is 1. The van der Waals surface area contributed by atoms with Gasteiger partial charge in [-0.2, -0.15) is 0 Å². The summed E-state index contributed by atoms with van der Waals surface area (Å²) in [7, 11) is 0. The Balaban J connectivity index is 2.24. The highest BCUT2D eigenvalue weighted by molar-refractivity contribution is 7.22. The van der Waals surface area contributed by atoms with Gasteiger partial charge in [-0.3, -0.25) is 0 Å². The van der Waals surface area contributed by atoms with Gasteiger partial charge in [-0.05, 0) is 29.0 Å². The summed E-state index contributed by atoms with van der Waals surface area (Å²) < 4.78 is 1.35. The van der Waals surface area contributed by atoms with E-state index in [1.807, 2.05) is 11.3 Å². The van der Waals surface area contributed by atoms with Crippen molar-refractivity contribution in [3.05, 3.63) is 47.2 Å². The molecule has 0 atom stereocenters. The van der Waals surface area contributed by atoms with Crippen molar-refractivity contribution < 1.29 is 0 Å². The number of hydrogen-bond donors (Lipinski definition) is 0. The first kappa shape index (κ1) is 8.21. The zero-order valence-electron chi connectivity index (χ0n) is 7.36. The van der Waals surface area contributed by atoms with Gasteiger partial charge in [0.15, 0.2) is 0 Å². The van der Waals surface area contributed by atoms with Crippen molar-refractivity contribution in [1.82, 2.24) is 0 Å². The van der Waals surface area contributed by atoms with Gasteiger partial charge in [-0.1, -0.05) is 18.2 Å². The van der Waals surface area contributed by atoms with Gasteiger partial charge in [0, 0.05) is 15.1 Å². The van der Waals surface area contributed by atoms with E-state index < -0.39 is 0 Å². The van der Waals surface area contributed by atoms with Gasteiger partial charge in [0.05, 0.1) is 5.38 Å². The van der Waals surface area contributed by atoms with Gasteiger partial charge >= 0.3 is 0 Å². The zero-order chi connectivity index (χ0) is 9.38. The second-order valence-electron chi connectivity index (χ2n) is 3.08. The molecule has 2 heteroatoms. The van der Waals surface area contributed by atoms with Crippen LogP contribution >= 0.6 is 22.7 Å². The van der Waals surface area contributed by atoms with Crippen LogP contribution in [0.2, 0.25) is 0 Å². The van der Waals surface area contributed by atoms with E-state index in [1.54, 1.807) is 11.3 Å². The lowest BCUT2D eigenvalue weighted by Crippen LogP contribution is -1.60. The summed E-state index contributed by atoms with van der Waals surface area (Å²) in [5.41, 5.74) is 1.22. The van der Waals surface area contributed by atoms with Crippen LogP contribution < -0.4 is 0 Å². The topological polar surface area (TPSA) is 0 Å². The molecule has 0 N–H and O–H groups in total. The van der Waals surface area contributed by atoms with E-state index in [-0.39, 0.29) is 0 Å². The molecule has 1 aromatic carbocycles. The van der Waals surface area contributed by atoms with Crippen LogP contribution in [0.1, 0.15) is 0 Å². The Bertz CT molecular complexity index is 513. The summed E-state index contributed by atoms with van der Waals surface area (Å²) in [5, 5.41) is 6.66. The van der Waals surface area contributed by atoms with Gasteiger partial charge in [-0.25, -0.2) is 0 Å². The third-order valence-corrected chi connectivity index (χ3v) is 3.92. The Labute approximate surface area is 90.5 Å². The van der Waals surface area contributed by atoms with Gasteiger partial charge in [0.1, 0.15) is 0 Å². The largest absolute Gasteiger partial charge is 0.142 e. The van der Waals surface area contributed by atoms with Crippen LogP contribution in [0, 0.1) is 5.38 Å².